The Morgan fingerprint density at radius 3 is 2.33 bits per heavy atom. The molecule has 0 aliphatic rings. The van der Waals surface area contributed by atoms with Crippen molar-refractivity contribution in [2.24, 2.45) is 5.92 Å². The van der Waals surface area contributed by atoms with Crippen LogP contribution in [0, 0.1) is 5.92 Å². The summed E-state index contributed by atoms with van der Waals surface area (Å²) in [7, 11) is 0. The SMILES string of the molecule is CCNC(CC)CCCSCCC(C)C. The molecule has 0 saturated heterocycles. The quantitative estimate of drug-likeness (QED) is 0.572. The molecular weight excluding hydrogens is 202 g/mol. The molecule has 0 aliphatic heterocycles. The molecule has 1 N–H and O–H groups in total. The van der Waals surface area contributed by atoms with Gasteiger partial charge >= 0.3 is 0 Å². The Morgan fingerprint density at radius 2 is 1.80 bits per heavy atom. The maximum Gasteiger partial charge on any atom is 0.00646 e. The summed E-state index contributed by atoms with van der Waals surface area (Å²) in [6.07, 6.45) is 5.35. The summed E-state index contributed by atoms with van der Waals surface area (Å²) in [4.78, 5) is 0. The van der Waals surface area contributed by atoms with Gasteiger partial charge in [-0.05, 0) is 49.7 Å². The Labute approximate surface area is 101 Å². The topological polar surface area (TPSA) is 12.0 Å². The molecule has 0 aliphatic carbocycles. The minimum atomic E-state index is 0.751. The maximum atomic E-state index is 3.53. The molecule has 1 nitrogen and oxygen atoms in total. The van der Waals surface area contributed by atoms with Crippen molar-refractivity contribution in [3.05, 3.63) is 0 Å². The standard InChI is InChI=1S/C13H29NS/c1-5-13(14-6-2)8-7-10-15-11-9-12(3)4/h12-14H,5-11H2,1-4H3. The molecule has 0 fully saturated rings. The van der Waals surface area contributed by atoms with E-state index in [2.05, 4.69) is 44.8 Å². The zero-order valence-corrected chi connectivity index (χ0v) is 11.8. The van der Waals surface area contributed by atoms with Gasteiger partial charge < -0.3 is 5.32 Å². The van der Waals surface area contributed by atoms with Crippen LogP contribution in [0.5, 0.6) is 0 Å². The fraction of sp³-hybridized carbons (Fsp3) is 1.00. The first-order valence-electron chi connectivity index (χ1n) is 6.51. The third-order valence-electron chi connectivity index (χ3n) is 2.67. The molecule has 0 aromatic carbocycles. The van der Waals surface area contributed by atoms with Gasteiger partial charge in [-0.2, -0.15) is 11.8 Å². The van der Waals surface area contributed by atoms with Crippen molar-refractivity contribution in [3.63, 3.8) is 0 Å². The van der Waals surface area contributed by atoms with Crippen molar-refractivity contribution >= 4 is 11.8 Å². The van der Waals surface area contributed by atoms with Crippen molar-refractivity contribution in [2.45, 2.75) is 59.4 Å². The number of rotatable bonds is 10. The highest BCUT2D eigenvalue weighted by molar-refractivity contribution is 7.99. The molecule has 1 unspecified atom stereocenters. The molecule has 15 heavy (non-hydrogen) atoms. The molecule has 0 bridgehead atoms. The van der Waals surface area contributed by atoms with Crippen LogP contribution >= 0.6 is 11.8 Å². The van der Waals surface area contributed by atoms with Crippen LogP contribution in [0.25, 0.3) is 0 Å². The summed E-state index contributed by atoms with van der Waals surface area (Å²) in [6.45, 7) is 10.2. The zero-order chi connectivity index (χ0) is 11.5. The normalized spacial score (nSPS) is 13.4. The predicted octanol–water partition coefficient (Wildman–Crippen LogP) is 3.93. The lowest BCUT2D eigenvalue weighted by Crippen LogP contribution is -2.28. The van der Waals surface area contributed by atoms with Gasteiger partial charge in [-0.3, -0.25) is 0 Å². The van der Waals surface area contributed by atoms with Crippen molar-refractivity contribution in [1.29, 1.82) is 0 Å². The third kappa shape index (κ3) is 10.6. The highest BCUT2D eigenvalue weighted by atomic mass is 32.2. The molecule has 0 spiro atoms. The van der Waals surface area contributed by atoms with Gasteiger partial charge in [0.1, 0.15) is 0 Å². The Kier molecular flexibility index (Phi) is 11.0. The van der Waals surface area contributed by atoms with Crippen molar-refractivity contribution in [2.75, 3.05) is 18.1 Å². The molecule has 0 amide bonds. The van der Waals surface area contributed by atoms with E-state index in [1.807, 2.05) is 0 Å². The molecule has 0 aromatic heterocycles. The van der Waals surface area contributed by atoms with Crippen LogP contribution in [0.3, 0.4) is 0 Å². The van der Waals surface area contributed by atoms with E-state index in [4.69, 9.17) is 0 Å². The van der Waals surface area contributed by atoms with Gasteiger partial charge in [-0.1, -0.05) is 27.7 Å². The van der Waals surface area contributed by atoms with Crippen LogP contribution < -0.4 is 5.32 Å². The van der Waals surface area contributed by atoms with Gasteiger partial charge in [0.25, 0.3) is 0 Å². The number of hydrogen-bond donors (Lipinski definition) is 1. The molecule has 0 radical (unpaired) electrons. The molecule has 0 heterocycles. The summed E-state index contributed by atoms with van der Waals surface area (Å²) in [5.41, 5.74) is 0. The average Bonchev–Trinajstić information content (AvgIpc) is 2.21. The molecular formula is C13H29NS. The summed E-state index contributed by atoms with van der Waals surface area (Å²) >= 11 is 2.12. The number of hydrogen-bond acceptors (Lipinski definition) is 2. The van der Waals surface area contributed by atoms with E-state index in [1.165, 1.54) is 37.2 Å². The predicted molar refractivity (Wildman–Crippen MR) is 73.8 cm³/mol. The molecule has 92 valence electrons. The van der Waals surface area contributed by atoms with Gasteiger partial charge in [0.05, 0.1) is 0 Å². The fourth-order valence-electron chi connectivity index (χ4n) is 1.59. The van der Waals surface area contributed by atoms with Crippen molar-refractivity contribution in [3.8, 4) is 0 Å². The summed E-state index contributed by atoms with van der Waals surface area (Å²) < 4.78 is 0. The lowest BCUT2D eigenvalue weighted by Gasteiger charge is -2.15. The van der Waals surface area contributed by atoms with Crippen LogP contribution in [0.2, 0.25) is 0 Å². The highest BCUT2D eigenvalue weighted by Crippen LogP contribution is 2.12. The Morgan fingerprint density at radius 1 is 1.07 bits per heavy atom. The first kappa shape index (κ1) is 15.3. The number of nitrogens with one attached hydrogen (secondary N) is 1. The molecule has 0 rings (SSSR count). The van der Waals surface area contributed by atoms with E-state index in [-0.39, 0.29) is 0 Å². The summed E-state index contributed by atoms with van der Waals surface area (Å²) in [5, 5.41) is 3.53. The second kappa shape index (κ2) is 10.8. The van der Waals surface area contributed by atoms with Crippen LogP contribution in [-0.2, 0) is 0 Å². The third-order valence-corrected chi connectivity index (χ3v) is 3.77. The van der Waals surface area contributed by atoms with E-state index in [0.717, 1.165) is 18.5 Å². The second-order valence-electron chi connectivity index (χ2n) is 4.60. The van der Waals surface area contributed by atoms with Gasteiger partial charge in [-0.15, -0.1) is 0 Å². The van der Waals surface area contributed by atoms with Gasteiger partial charge in [0.2, 0.25) is 0 Å². The van der Waals surface area contributed by atoms with Gasteiger partial charge in [-0.25, -0.2) is 0 Å². The largest absolute Gasteiger partial charge is 0.314 e. The Balaban J connectivity index is 3.21. The molecule has 0 aromatic rings. The van der Waals surface area contributed by atoms with E-state index in [0.29, 0.717) is 0 Å². The van der Waals surface area contributed by atoms with Crippen LogP contribution in [0.4, 0.5) is 0 Å². The van der Waals surface area contributed by atoms with E-state index >= 15 is 0 Å². The lowest BCUT2D eigenvalue weighted by molar-refractivity contribution is 0.477. The smallest absolute Gasteiger partial charge is 0.00646 e. The van der Waals surface area contributed by atoms with E-state index < -0.39 is 0 Å². The van der Waals surface area contributed by atoms with Crippen LogP contribution in [-0.4, -0.2) is 24.1 Å². The van der Waals surface area contributed by atoms with E-state index in [1.54, 1.807) is 0 Å². The monoisotopic (exact) mass is 231 g/mol. The molecule has 0 saturated carbocycles. The maximum absolute atomic E-state index is 3.53. The van der Waals surface area contributed by atoms with Crippen LogP contribution in [0.15, 0.2) is 0 Å². The second-order valence-corrected chi connectivity index (χ2v) is 5.82. The Bertz CT molecular complexity index is 126. The van der Waals surface area contributed by atoms with Crippen molar-refractivity contribution in [1.82, 2.24) is 5.32 Å². The lowest BCUT2D eigenvalue weighted by atomic mass is 10.1. The summed E-state index contributed by atoms with van der Waals surface area (Å²) in [5.74, 6) is 3.55. The first-order chi connectivity index (χ1) is 7.20. The van der Waals surface area contributed by atoms with Crippen LogP contribution in [0.1, 0.15) is 53.4 Å². The first-order valence-corrected chi connectivity index (χ1v) is 7.67. The minimum absolute atomic E-state index is 0.751. The fourth-order valence-corrected chi connectivity index (χ4v) is 2.81. The summed E-state index contributed by atoms with van der Waals surface area (Å²) in [6, 6.07) is 0.751. The average molecular weight is 231 g/mol. The van der Waals surface area contributed by atoms with Gasteiger partial charge in [0.15, 0.2) is 0 Å². The molecule has 1 atom stereocenters. The molecule has 2 heteroatoms. The minimum Gasteiger partial charge on any atom is -0.314 e. The van der Waals surface area contributed by atoms with E-state index in [9.17, 15) is 0 Å². The number of thioether (sulfide) groups is 1. The highest BCUT2D eigenvalue weighted by Gasteiger charge is 2.03. The van der Waals surface area contributed by atoms with Gasteiger partial charge in [0, 0.05) is 6.04 Å². The van der Waals surface area contributed by atoms with Crippen molar-refractivity contribution < 1.29 is 0 Å². The zero-order valence-electron chi connectivity index (χ0n) is 11.0. The Hall–Kier alpha value is 0.310.